The topological polar surface area (TPSA) is 77.8 Å². The third-order valence-corrected chi connectivity index (χ3v) is 2.68. The van der Waals surface area contributed by atoms with E-state index in [0.717, 1.165) is 10.1 Å². The van der Waals surface area contributed by atoms with Gasteiger partial charge < -0.3 is 11.5 Å². The standard InChI is InChI=1S/C6H10N4S2/c1-11-4-3(7)5(12-2)10-6(8)9-4/h7H2,1-2H3,(H2,8,9,10). The Morgan fingerprint density at radius 1 is 1.00 bits per heavy atom. The molecule has 6 heteroatoms. The number of aromatic nitrogens is 2. The second-order valence-electron chi connectivity index (χ2n) is 2.01. The zero-order valence-electron chi connectivity index (χ0n) is 6.87. The first-order chi connectivity index (χ1) is 5.69. The second-order valence-corrected chi connectivity index (χ2v) is 3.60. The van der Waals surface area contributed by atoms with Crippen molar-refractivity contribution in [3.05, 3.63) is 0 Å². The van der Waals surface area contributed by atoms with Crippen LogP contribution in [0.5, 0.6) is 0 Å². The van der Waals surface area contributed by atoms with Gasteiger partial charge >= 0.3 is 0 Å². The van der Waals surface area contributed by atoms with Gasteiger partial charge in [-0.3, -0.25) is 0 Å². The Hall–Kier alpha value is -0.620. The summed E-state index contributed by atoms with van der Waals surface area (Å²) in [5, 5.41) is 1.48. The van der Waals surface area contributed by atoms with Crippen LogP contribution in [0.15, 0.2) is 10.1 Å². The minimum absolute atomic E-state index is 0.276. The minimum atomic E-state index is 0.276. The highest BCUT2D eigenvalue weighted by Crippen LogP contribution is 2.28. The van der Waals surface area contributed by atoms with E-state index in [1.54, 1.807) is 0 Å². The Labute approximate surface area is 79.5 Å². The van der Waals surface area contributed by atoms with Crippen LogP contribution >= 0.6 is 23.5 Å². The summed E-state index contributed by atoms with van der Waals surface area (Å²) in [5.41, 5.74) is 11.8. The van der Waals surface area contributed by atoms with Gasteiger partial charge in [-0.05, 0) is 12.5 Å². The lowest BCUT2D eigenvalue weighted by Gasteiger charge is -2.05. The molecular formula is C6H10N4S2. The Kier molecular flexibility index (Phi) is 3.05. The maximum atomic E-state index is 5.75. The molecule has 0 aliphatic heterocycles. The van der Waals surface area contributed by atoms with Gasteiger partial charge in [0.25, 0.3) is 0 Å². The van der Waals surface area contributed by atoms with E-state index < -0.39 is 0 Å². The number of nitrogens with two attached hydrogens (primary N) is 2. The molecule has 0 fully saturated rings. The summed E-state index contributed by atoms with van der Waals surface area (Å²) in [6.45, 7) is 0. The van der Waals surface area contributed by atoms with Crippen LogP contribution in [0, 0.1) is 0 Å². The normalized spacial score (nSPS) is 10.2. The first-order valence-corrected chi connectivity index (χ1v) is 5.65. The van der Waals surface area contributed by atoms with Crippen LogP contribution in [0.3, 0.4) is 0 Å². The molecular weight excluding hydrogens is 192 g/mol. The molecule has 1 aromatic rings. The summed E-state index contributed by atoms with van der Waals surface area (Å²) in [6.07, 6.45) is 3.81. The van der Waals surface area contributed by atoms with Gasteiger partial charge in [-0.1, -0.05) is 0 Å². The first-order valence-electron chi connectivity index (χ1n) is 3.20. The fourth-order valence-electron chi connectivity index (χ4n) is 0.756. The molecule has 0 spiro atoms. The summed E-state index contributed by atoms with van der Waals surface area (Å²) in [6, 6.07) is 0. The van der Waals surface area contributed by atoms with E-state index in [2.05, 4.69) is 9.97 Å². The third kappa shape index (κ3) is 1.75. The predicted molar refractivity (Wildman–Crippen MR) is 54.4 cm³/mol. The molecule has 1 heterocycles. The van der Waals surface area contributed by atoms with Crippen LogP contribution in [0.4, 0.5) is 11.6 Å². The molecule has 0 radical (unpaired) electrons. The molecule has 4 N–H and O–H groups in total. The number of nitrogen functional groups attached to an aromatic ring is 2. The monoisotopic (exact) mass is 202 g/mol. The lowest BCUT2D eigenvalue weighted by molar-refractivity contribution is 0.997. The van der Waals surface area contributed by atoms with Crippen LogP contribution in [0.1, 0.15) is 0 Å². The van der Waals surface area contributed by atoms with Gasteiger partial charge in [-0.15, -0.1) is 23.5 Å². The maximum absolute atomic E-state index is 5.75. The van der Waals surface area contributed by atoms with E-state index >= 15 is 0 Å². The van der Waals surface area contributed by atoms with E-state index in [4.69, 9.17) is 11.5 Å². The van der Waals surface area contributed by atoms with Crippen molar-refractivity contribution in [2.75, 3.05) is 24.0 Å². The second kappa shape index (κ2) is 3.86. The molecule has 0 saturated heterocycles. The van der Waals surface area contributed by atoms with Crippen molar-refractivity contribution in [1.29, 1.82) is 0 Å². The van der Waals surface area contributed by atoms with Gasteiger partial charge in [-0.25, -0.2) is 9.97 Å². The molecule has 12 heavy (non-hydrogen) atoms. The quantitative estimate of drug-likeness (QED) is 0.552. The molecule has 0 atom stereocenters. The number of hydrogen-bond donors (Lipinski definition) is 2. The number of rotatable bonds is 2. The Balaban J connectivity index is 3.22. The van der Waals surface area contributed by atoms with Crippen LogP contribution in [0.2, 0.25) is 0 Å². The fraction of sp³-hybridized carbons (Fsp3) is 0.333. The highest BCUT2D eigenvalue weighted by molar-refractivity contribution is 7.99. The van der Waals surface area contributed by atoms with Gasteiger partial charge in [0.1, 0.15) is 10.1 Å². The average molecular weight is 202 g/mol. The SMILES string of the molecule is CSc1nc(N)nc(SC)c1N. The van der Waals surface area contributed by atoms with E-state index in [1.165, 1.54) is 23.5 Å². The average Bonchev–Trinajstić information content (AvgIpc) is 2.08. The van der Waals surface area contributed by atoms with E-state index in [-0.39, 0.29) is 5.95 Å². The molecule has 0 bridgehead atoms. The Morgan fingerprint density at radius 3 is 1.75 bits per heavy atom. The summed E-state index contributed by atoms with van der Waals surface area (Å²) < 4.78 is 0. The smallest absolute Gasteiger partial charge is 0.222 e. The number of nitrogens with zero attached hydrogens (tertiary/aromatic N) is 2. The summed E-state index contributed by atoms with van der Waals surface area (Å²) in [5.74, 6) is 0.276. The maximum Gasteiger partial charge on any atom is 0.222 e. The first kappa shape index (κ1) is 9.47. The van der Waals surface area contributed by atoms with E-state index in [9.17, 15) is 0 Å². The molecule has 0 amide bonds. The van der Waals surface area contributed by atoms with E-state index in [1.807, 2.05) is 12.5 Å². The van der Waals surface area contributed by atoms with Gasteiger partial charge in [0.15, 0.2) is 0 Å². The van der Waals surface area contributed by atoms with Crippen LogP contribution in [0.25, 0.3) is 0 Å². The van der Waals surface area contributed by atoms with Crippen molar-refractivity contribution in [3.63, 3.8) is 0 Å². The zero-order valence-corrected chi connectivity index (χ0v) is 8.50. The van der Waals surface area contributed by atoms with Crippen LogP contribution < -0.4 is 11.5 Å². The lowest BCUT2D eigenvalue weighted by atomic mass is 10.5. The molecule has 4 nitrogen and oxygen atoms in total. The minimum Gasteiger partial charge on any atom is -0.394 e. The van der Waals surface area contributed by atoms with Crippen molar-refractivity contribution in [1.82, 2.24) is 9.97 Å². The van der Waals surface area contributed by atoms with Crippen LogP contribution in [-0.4, -0.2) is 22.5 Å². The Morgan fingerprint density at radius 2 is 1.42 bits per heavy atom. The highest BCUT2D eigenvalue weighted by atomic mass is 32.2. The van der Waals surface area contributed by atoms with Crippen molar-refractivity contribution < 1.29 is 0 Å². The van der Waals surface area contributed by atoms with Gasteiger partial charge in [-0.2, -0.15) is 0 Å². The van der Waals surface area contributed by atoms with Gasteiger partial charge in [0.05, 0.1) is 5.69 Å². The largest absolute Gasteiger partial charge is 0.394 e. The molecule has 0 aliphatic carbocycles. The molecule has 0 aliphatic rings. The van der Waals surface area contributed by atoms with Crippen molar-refractivity contribution in [2.45, 2.75) is 10.1 Å². The van der Waals surface area contributed by atoms with Crippen molar-refractivity contribution >= 4 is 35.2 Å². The molecule has 0 unspecified atom stereocenters. The predicted octanol–water partition coefficient (Wildman–Crippen LogP) is 1.08. The fourth-order valence-corrected chi connectivity index (χ4v) is 1.82. The van der Waals surface area contributed by atoms with Crippen LogP contribution in [-0.2, 0) is 0 Å². The number of hydrogen-bond acceptors (Lipinski definition) is 6. The summed E-state index contributed by atoms with van der Waals surface area (Å²) in [4.78, 5) is 7.98. The molecule has 66 valence electrons. The Bertz CT molecular complexity index is 264. The number of thioether (sulfide) groups is 2. The van der Waals surface area contributed by atoms with Crippen molar-refractivity contribution in [2.24, 2.45) is 0 Å². The zero-order chi connectivity index (χ0) is 9.14. The molecule has 0 aromatic carbocycles. The molecule has 1 aromatic heterocycles. The number of anilines is 2. The summed E-state index contributed by atoms with van der Waals surface area (Å²) >= 11 is 2.94. The molecule has 1 rings (SSSR count). The molecule has 0 saturated carbocycles. The van der Waals surface area contributed by atoms with Gasteiger partial charge in [0, 0.05) is 0 Å². The lowest BCUT2D eigenvalue weighted by Crippen LogP contribution is -2.02. The summed E-state index contributed by atoms with van der Waals surface area (Å²) in [7, 11) is 0. The highest BCUT2D eigenvalue weighted by Gasteiger charge is 2.07. The van der Waals surface area contributed by atoms with Gasteiger partial charge in [0.2, 0.25) is 5.95 Å². The third-order valence-electron chi connectivity index (χ3n) is 1.28. The van der Waals surface area contributed by atoms with Crippen molar-refractivity contribution in [3.8, 4) is 0 Å². The van der Waals surface area contributed by atoms with E-state index in [0.29, 0.717) is 5.69 Å².